The molecule has 0 spiro atoms. The third kappa shape index (κ3) is 4.07. The highest BCUT2D eigenvalue weighted by Crippen LogP contribution is 2.15. The fraction of sp³-hybridized carbons (Fsp3) is 0.312. The molecule has 2 aromatic rings. The molecule has 0 amide bonds. The second-order valence-electron chi connectivity index (χ2n) is 5.26. The van der Waals surface area contributed by atoms with Crippen molar-refractivity contribution < 1.29 is 13.2 Å². The molecule has 1 N–H and O–H groups in total. The minimum Gasteiger partial charge on any atom is -0.378 e. The van der Waals surface area contributed by atoms with Gasteiger partial charge in [0.05, 0.1) is 18.1 Å². The minimum atomic E-state index is -3.50. The molecule has 0 radical (unpaired) electrons. The quantitative estimate of drug-likeness (QED) is 0.895. The van der Waals surface area contributed by atoms with Crippen LogP contribution in [0.5, 0.6) is 0 Å². The maximum Gasteiger partial charge on any atom is 0.240 e. The van der Waals surface area contributed by atoms with Crippen LogP contribution in [0.4, 0.5) is 5.82 Å². The third-order valence-electron chi connectivity index (χ3n) is 3.66. The number of morpholine rings is 1. The first-order chi connectivity index (χ1) is 11.1. The number of hydrogen-bond donors (Lipinski definition) is 1. The second-order valence-corrected chi connectivity index (χ2v) is 7.03. The maximum absolute atomic E-state index is 12.2. The molecule has 122 valence electrons. The first-order valence-corrected chi connectivity index (χ1v) is 8.96. The van der Waals surface area contributed by atoms with E-state index in [1.165, 1.54) is 0 Å². The van der Waals surface area contributed by atoms with Gasteiger partial charge in [-0.2, -0.15) is 0 Å². The number of aromatic nitrogens is 1. The number of hydrogen-bond acceptors (Lipinski definition) is 5. The van der Waals surface area contributed by atoms with E-state index >= 15 is 0 Å². The molecule has 0 atom stereocenters. The highest BCUT2D eigenvalue weighted by Gasteiger charge is 2.15. The van der Waals surface area contributed by atoms with Gasteiger partial charge in [0.25, 0.3) is 0 Å². The van der Waals surface area contributed by atoms with Gasteiger partial charge < -0.3 is 9.64 Å². The summed E-state index contributed by atoms with van der Waals surface area (Å²) < 4.78 is 32.4. The van der Waals surface area contributed by atoms with Gasteiger partial charge in [-0.15, -0.1) is 0 Å². The van der Waals surface area contributed by atoms with Gasteiger partial charge in [0.2, 0.25) is 10.0 Å². The molecule has 7 heteroatoms. The number of anilines is 1. The Morgan fingerprint density at radius 2 is 1.87 bits per heavy atom. The summed E-state index contributed by atoms with van der Waals surface area (Å²) in [7, 11) is -3.50. The van der Waals surface area contributed by atoms with Crippen LogP contribution in [0.1, 0.15) is 5.56 Å². The predicted octanol–water partition coefficient (Wildman–Crippen LogP) is 1.40. The van der Waals surface area contributed by atoms with Crippen molar-refractivity contribution in [2.24, 2.45) is 0 Å². The van der Waals surface area contributed by atoms with E-state index in [2.05, 4.69) is 14.6 Å². The van der Waals surface area contributed by atoms with Crippen LogP contribution in [0.25, 0.3) is 0 Å². The van der Waals surface area contributed by atoms with E-state index in [9.17, 15) is 8.42 Å². The topological polar surface area (TPSA) is 71.5 Å². The highest BCUT2D eigenvalue weighted by molar-refractivity contribution is 7.89. The van der Waals surface area contributed by atoms with Crippen molar-refractivity contribution in [3.8, 4) is 0 Å². The van der Waals surface area contributed by atoms with Crippen LogP contribution in [-0.2, 0) is 21.3 Å². The maximum atomic E-state index is 12.2. The first kappa shape index (κ1) is 15.9. The molecule has 23 heavy (non-hydrogen) atoms. The minimum absolute atomic E-state index is 0.233. The van der Waals surface area contributed by atoms with E-state index in [0.29, 0.717) is 13.2 Å². The molecule has 1 aromatic carbocycles. The first-order valence-electron chi connectivity index (χ1n) is 7.47. The summed E-state index contributed by atoms with van der Waals surface area (Å²) in [6.45, 7) is 3.20. The predicted molar refractivity (Wildman–Crippen MR) is 87.7 cm³/mol. The zero-order valence-electron chi connectivity index (χ0n) is 12.7. The normalized spacial score (nSPS) is 15.6. The van der Waals surface area contributed by atoms with Gasteiger partial charge in [0, 0.05) is 25.8 Å². The summed E-state index contributed by atoms with van der Waals surface area (Å²) in [6, 6.07) is 12.1. The largest absolute Gasteiger partial charge is 0.378 e. The van der Waals surface area contributed by atoms with Crippen LogP contribution >= 0.6 is 0 Å². The molecule has 1 aromatic heterocycles. The number of benzene rings is 1. The van der Waals surface area contributed by atoms with Gasteiger partial charge in [-0.25, -0.2) is 18.1 Å². The van der Waals surface area contributed by atoms with Crippen molar-refractivity contribution in [2.75, 3.05) is 31.2 Å². The Balaban J connectivity index is 1.69. The van der Waals surface area contributed by atoms with Gasteiger partial charge in [-0.3, -0.25) is 0 Å². The van der Waals surface area contributed by atoms with E-state index in [1.807, 2.05) is 12.1 Å². The lowest BCUT2D eigenvalue weighted by molar-refractivity contribution is 0.122. The number of ether oxygens (including phenoxy) is 1. The number of nitrogens with zero attached hydrogens (tertiary/aromatic N) is 2. The van der Waals surface area contributed by atoms with Gasteiger partial charge in [-0.1, -0.05) is 18.2 Å². The lowest BCUT2D eigenvalue weighted by Gasteiger charge is -2.28. The van der Waals surface area contributed by atoms with Crippen LogP contribution < -0.4 is 9.62 Å². The summed E-state index contributed by atoms with van der Waals surface area (Å²) in [6.07, 6.45) is 1.71. The summed E-state index contributed by atoms with van der Waals surface area (Å²) in [5.74, 6) is 0.852. The van der Waals surface area contributed by atoms with Crippen LogP contribution in [0.2, 0.25) is 0 Å². The fourth-order valence-corrected chi connectivity index (χ4v) is 3.44. The molecule has 1 saturated heterocycles. The molecule has 3 rings (SSSR count). The molecule has 2 heterocycles. The van der Waals surface area contributed by atoms with E-state index in [-0.39, 0.29) is 11.4 Å². The summed E-state index contributed by atoms with van der Waals surface area (Å²) in [5.41, 5.74) is 0.876. The Bertz CT molecular complexity index is 744. The van der Waals surface area contributed by atoms with Gasteiger partial charge >= 0.3 is 0 Å². The molecule has 6 nitrogen and oxygen atoms in total. The molecule has 0 bridgehead atoms. The zero-order chi connectivity index (χ0) is 16.1. The SMILES string of the molecule is O=S(=O)(NCc1ccnc(N2CCOCC2)c1)c1ccccc1. The molecule has 0 aliphatic carbocycles. The molecular formula is C16H19N3O3S. The van der Waals surface area contributed by atoms with Crippen LogP contribution in [-0.4, -0.2) is 39.7 Å². The van der Waals surface area contributed by atoms with E-state index in [4.69, 9.17) is 4.74 Å². The Hall–Kier alpha value is -1.96. The van der Waals surface area contributed by atoms with Crippen molar-refractivity contribution in [3.63, 3.8) is 0 Å². The smallest absolute Gasteiger partial charge is 0.240 e. The highest BCUT2D eigenvalue weighted by atomic mass is 32.2. The van der Waals surface area contributed by atoms with Gasteiger partial charge in [0.15, 0.2) is 0 Å². The Labute approximate surface area is 136 Å². The lowest BCUT2D eigenvalue weighted by Crippen LogP contribution is -2.36. The number of sulfonamides is 1. The van der Waals surface area contributed by atoms with Crippen molar-refractivity contribution in [2.45, 2.75) is 11.4 Å². The molecule has 0 saturated carbocycles. The average Bonchev–Trinajstić information content (AvgIpc) is 2.62. The fourth-order valence-electron chi connectivity index (χ4n) is 2.40. The summed E-state index contributed by atoms with van der Waals surface area (Å²) in [5, 5.41) is 0. The van der Waals surface area contributed by atoms with Crippen molar-refractivity contribution in [3.05, 3.63) is 54.2 Å². The van der Waals surface area contributed by atoms with Gasteiger partial charge in [-0.05, 0) is 29.8 Å². The molecular weight excluding hydrogens is 314 g/mol. The molecule has 1 aliphatic rings. The van der Waals surface area contributed by atoms with E-state index in [1.54, 1.807) is 36.5 Å². The number of rotatable bonds is 5. The standard InChI is InChI=1S/C16H19N3O3S/c20-23(21,15-4-2-1-3-5-15)18-13-14-6-7-17-16(12-14)19-8-10-22-11-9-19/h1-7,12,18H,8-11,13H2. The van der Waals surface area contributed by atoms with Crippen LogP contribution in [0, 0.1) is 0 Å². The van der Waals surface area contributed by atoms with Gasteiger partial charge in [0.1, 0.15) is 5.82 Å². The Kier molecular flexibility index (Phi) is 4.90. The van der Waals surface area contributed by atoms with Crippen molar-refractivity contribution in [1.82, 2.24) is 9.71 Å². The number of nitrogens with one attached hydrogen (secondary N) is 1. The van der Waals surface area contributed by atoms with E-state index < -0.39 is 10.0 Å². The van der Waals surface area contributed by atoms with Crippen molar-refractivity contribution >= 4 is 15.8 Å². The second kappa shape index (κ2) is 7.08. The average molecular weight is 333 g/mol. The monoisotopic (exact) mass is 333 g/mol. The summed E-state index contributed by atoms with van der Waals surface area (Å²) in [4.78, 5) is 6.76. The summed E-state index contributed by atoms with van der Waals surface area (Å²) >= 11 is 0. The number of pyridine rings is 1. The molecule has 1 fully saturated rings. The lowest BCUT2D eigenvalue weighted by atomic mass is 10.2. The van der Waals surface area contributed by atoms with Crippen LogP contribution in [0.3, 0.4) is 0 Å². The molecule has 0 unspecified atom stereocenters. The molecule has 1 aliphatic heterocycles. The zero-order valence-corrected chi connectivity index (χ0v) is 13.5. The van der Waals surface area contributed by atoms with E-state index in [0.717, 1.165) is 24.5 Å². The van der Waals surface area contributed by atoms with Crippen molar-refractivity contribution in [1.29, 1.82) is 0 Å². The Morgan fingerprint density at radius 1 is 1.13 bits per heavy atom. The Morgan fingerprint density at radius 3 is 2.61 bits per heavy atom. The third-order valence-corrected chi connectivity index (χ3v) is 5.08. The van der Waals surface area contributed by atoms with Crippen LogP contribution in [0.15, 0.2) is 53.6 Å².